The average molecular weight is 400 g/mol. The fourth-order valence-electron chi connectivity index (χ4n) is 2.28. The van der Waals surface area contributed by atoms with Crippen molar-refractivity contribution in [3.05, 3.63) is 81.2 Å². The van der Waals surface area contributed by atoms with Crippen molar-refractivity contribution in [2.45, 2.75) is 13.0 Å². The number of esters is 1. The van der Waals surface area contributed by atoms with Crippen molar-refractivity contribution in [3.63, 3.8) is 0 Å². The lowest BCUT2D eigenvalue weighted by Gasteiger charge is -2.06. The maximum Gasteiger partial charge on any atom is 0.331 e. The summed E-state index contributed by atoms with van der Waals surface area (Å²) >= 11 is 5.89. The smallest absolute Gasteiger partial charge is 0.331 e. The van der Waals surface area contributed by atoms with Crippen LogP contribution in [0.3, 0.4) is 0 Å². The van der Waals surface area contributed by atoms with E-state index in [1.807, 2.05) is 0 Å². The van der Waals surface area contributed by atoms with E-state index in [9.17, 15) is 14.9 Å². The number of nitrogens with zero attached hydrogens (tertiary/aromatic N) is 3. The molecule has 1 atom stereocenters. The van der Waals surface area contributed by atoms with E-state index in [1.54, 1.807) is 37.3 Å². The Bertz CT molecular complexity index is 1030. The maximum atomic E-state index is 12.0. The monoisotopic (exact) mass is 399 g/mol. The highest BCUT2D eigenvalue weighted by Crippen LogP contribution is 2.24. The number of carbonyl (C=O) groups excluding carboxylic acids is 1. The number of halogens is 1. The minimum absolute atomic E-state index is 0.0442. The van der Waals surface area contributed by atoms with Gasteiger partial charge in [0.1, 0.15) is 0 Å². The van der Waals surface area contributed by atoms with E-state index in [-0.39, 0.29) is 17.5 Å². The number of nitro benzene ring substituents is 1. The van der Waals surface area contributed by atoms with Gasteiger partial charge in [-0.15, -0.1) is 10.2 Å². The van der Waals surface area contributed by atoms with E-state index in [0.717, 1.165) is 5.56 Å². The SMILES string of the molecule is C[C@@H](OC(=O)/C=C/c1cccc(Cl)c1)c1nnc(-c2ccc([N+](=O)[O-])cc2)o1. The first-order chi connectivity index (χ1) is 13.4. The van der Waals surface area contributed by atoms with Gasteiger partial charge in [-0.1, -0.05) is 23.7 Å². The molecule has 0 saturated heterocycles. The molecule has 0 saturated carbocycles. The van der Waals surface area contributed by atoms with Gasteiger partial charge in [-0.05, 0) is 42.8 Å². The molecule has 1 heterocycles. The topological polar surface area (TPSA) is 108 Å². The van der Waals surface area contributed by atoms with Crippen LogP contribution in [0.15, 0.2) is 59.0 Å². The summed E-state index contributed by atoms with van der Waals surface area (Å²) in [6, 6.07) is 12.7. The van der Waals surface area contributed by atoms with Gasteiger partial charge < -0.3 is 9.15 Å². The lowest BCUT2D eigenvalue weighted by Crippen LogP contribution is -2.06. The van der Waals surface area contributed by atoms with Crippen LogP contribution in [0.1, 0.15) is 24.5 Å². The van der Waals surface area contributed by atoms with Gasteiger partial charge in [-0.2, -0.15) is 0 Å². The van der Waals surface area contributed by atoms with Crippen molar-refractivity contribution < 1.29 is 18.9 Å². The maximum absolute atomic E-state index is 12.0. The highest BCUT2D eigenvalue weighted by atomic mass is 35.5. The zero-order chi connectivity index (χ0) is 20.1. The Morgan fingerprint density at radius 3 is 2.68 bits per heavy atom. The molecule has 0 radical (unpaired) electrons. The summed E-state index contributed by atoms with van der Waals surface area (Å²) in [4.78, 5) is 22.2. The molecule has 2 aromatic carbocycles. The van der Waals surface area contributed by atoms with Crippen LogP contribution >= 0.6 is 11.6 Å². The Labute approximate surface area is 164 Å². The minimum Gasteiger partial charge on any atom is -0.449 e. The summed E-state index contributed by atoms with van der Waals surface area (Å²) in [5, 5.41) is 19.0. The zero-order valence-electron chi connectivity index (χ0n) is 14.6. The second kappa shape index (κ2) is 8.45. The van der Waals surface area contributed by atoms with E-state index >= 15 is 0 Å². The molecule has 9 heteroatoms. The summed E-state index contributed by atoms with van der Waals surface area (Å²) in [6.45, 7) is 1.60. The van der Waals surface area contributed by atoms with Crippen molar-refractivity contribution in [1.29, 1.82) is 0 Å². The molecule has 8 nitrogen and oxygen atoms in total. The van der Waals surface area contributed by atoms with Crippen LogP contribution in [0.2, 0.25) is 5.02 Å². The average Bonchev–Trinajstić information content (AvgIpc) is 3.17. The van der Waals surface area contributed by atoms with Crippen molar-refractivity contribution in [2.75, 3.05) is 0 Å². The molecule has 0 spiro atoms. The third-order valence-electron chi connectivity index (χ3n) is 3.67. The van der Waals surface area contributed by atoms with E-state index in [4.69, 9.17) is 20.8 Å². The molecular weight excluding hydrogens is 386 g/mol. The molecule has 0 aliphatic heterocycles. The first-order valence-electron chi connectivity index (χ1n) is 8.15. The van der Waals surface area contributed by atoms with E-state index in [0.29, 0.717) is 10.6 Å². The molecule has 0 fully saturated rings. The van der Waals surface area contributed by atoms with Crippen LogP contribution in [-0.2, 0) is 9.53 Å². The Kier molecular flexibility index (Phi) is 5.81. The van der Waals surface area contributed by atoms with Crippen LogP contribution < -0.4 is 0 Å². The standard InChI is InChI=1S/C19H14ClN3O5/c1-12(27-17(24)10-5-13-3-2-4-15(20)11-13)18-21-22-19(28-18)14-6-8-16(9-7-14)23(25)26/h2-12H,1H3/b10-5+/t12-/m1/s1. The Balaban J connectivity index is 1.64. The summed E-state index contributed by atoms with van der Waals surface area (Å²) in [5.41, 5.74) is 1.23. The molecule has 1 aromatic heterocycles. The minimum atomic E-state index is -0.768. The van der Waals surface area contributed by atoms with Crippen LogP contribution in [0.5, 0.6) is 0 Å². The molecule has 28 heavy (non-hydrogen) atoms. The normalized spacial score (nSPS) is 12.1. The number of hydrogen-bond acceptors (Lipinski definition) is 7. The van der Waals surface area contributed by atoms with Gasteiger partial charge in [0, 0.05) is 28.8 Å². The number of carbonyl (C=O) groups is 1. The molecule has 0 N–H and O–H groups in total. The zero-order valence-corrected chi connectivity index (χ0v) is 15.4. The molecule has 142 valence electrons. The molecule has 0 aliphatic carbocycles. The third-order valence-corrected chi connectivity index (χ3v) is 3.90. The highest BCUT2D eigenvalue weighted by molar-refractivity contribution is 6.30. The number of nitro groups is 1. The third kappa shape index (κ3) is 4.80. The number of non-ortho nitro benzene ring substituents is 1. The Morgan fingerprint density at radius 2 is 2.00 bits per heavy atom. The van der Waals surface area contributed by atoms with Gasteiger partial charge in [0.2, 0.25) is 5.89 Å². The van der Waals surface area contributed by atoms with Crippen molar-refractivity contribution in [1.82, 2.24) is 10.2 Å². The Morgan fingerprint density at radius 1 is 1.25 bits per heavy atom. The van der Waals surface area contributed by atoms with Crippen LogP contribution in [0, 0.1) is 10.1 Å². The fourth-order valence-corrected chi connectivity index (χ4v) is 2.48. The molecule has 0 amide bonds. The van der Waals surface area contributed by atoms with Crippen LogP contribution in [0.25, 0.3) is 17.5 Å². The van der Waals surface area contributed by atoms with Gasteiger partial charge in [0.25, 0.3) is 11.6 Å². The van der Waals surface area contributed by atoms with Gasteiger partial charge in [-0.3, -0.25) is 10.1 Å². The molecule has 0 aliphatic rings. The number of ether oxygens (including phenoxy) is 1. The lowest BCUT2D eigenvalue weighted by atomic mass is 10.2. The van der Waals surface area contributed by atoms with Gasteiger partial charge in [0.15, 0.2) is 6.10 Å². The first kappa shape index (κ1) is 19.2. The number of hydrogen-bond donors (Lipinski definition) is 0. The summed E-state index contributed by atoms with van der Waals surface area (Å²) in [7, 11) is 0. The molecule has 3 aromatic rings. The first-order valence-corrected chi connectivity index (χ1v) is 8.52. The van der Waals surface area contributed by atoms with Crippen LogP contribution in [0.4, 0.5) is 5.69 Å². The second-order valence-corrected chi connectivity index (χ2v) is 6.15. The number of rotatable bonds is 6. The summed E-state index contributed by atoms with van der Waals surface area (Å²) in [5.74, 6) is -0.303. The van der Waals surface area contributed by atoms with Gasteiger partial charge >= 0.3 is 5.97 Å². The molecule has 0 bridgehead atoms. The van der Waals surface area contributed by atoms with Crippen molar-refractivity contribution >= 4 is 29.3 Å². The predicted octanol–water partition coefficient (Wildman–Crippen LogP) is 4.62. The molecular formula is C19H14ClN3O5. The number of aromatic nitrogens is 2. The van der Waals surface area contributed by atoms with Crippen LogP contribution in [-0.4, -0.2) is 21.1 Å². The molecule has 0 unspecified atom stereocenters. The number of benzene rings is 2. The predicted molar refractivity (Wildman–Crippen MR) is 101 cm³/mol. The lowest BCUT2D eigenvalue weighted by molar-refractivity contribution is -0.384. The van der Waals surface area contributed by atoms with Crippen molar-refractivity contribution in [2.24, 2.45) is 0 Å². The fraction of sp³-hybridized carbons (Fsp3) is 0.105. The van der Waals surface area contributed by atoms with Gasteiger partial charge in [0.05, 0.1) is 4.92 Å². The summed E-state index contributed by atoms with van der Waals surface area (Å²) < 4.78 is 10.7. The summed E-state index contributed by atoms with van der Waals surface area (Å²) in [6.07, 6.45) is 2.09. The van der Waals surface area contributed by atoms with Crippen molar-refractivity contribution in [3.8, 4) is 11.5 Å². The van der Waals surface area contributed by atoms with Gasteiger partial charge in [-0.25, -0.2) is 4.79 Å². The second-order valence-electron chi connectivity index (χ2n) is 5.72. The molecule has 3 rings (SSSR count). The highest BCUT2D eigenvalue weighted by Gasteiger charge is 2.18. The van der Waals surface area contributed by atoms with E-state index in [1.165, 1.54) is 30.3 Å². The van der Waals surface area contributed by atoms with E-state index in [2.05, 4.69) is 10.2 Å². The largest absolute Gasteiger partial charge is 0.449 e. The quantitative estimate of drug-likeness (QED) is 0.257. The Hall–Kier alpha value is -3.52. The van der Waals surface area contributed by atoms with E-state index < -0.39 is 17.0 Å².